The third-order valence-corrected chi connectivity index (χ3v) is 5.41. The molecule has 0 aromatic heterocycles. The number of nitrogens with zero attached hydrogens (tertiary/aromatic N) is 2. The summed E-state index contributed by atoms with van der Waals surface area (Å²) in [7, 11) is 0. The highest BCUT2D eigenvalue weighted by atomic mass is 19.4. The summed E-state index contributed by atoms with van der Waals surface area (Å²) in [6.07, 6.45) is -3.28. The Balaban J connectivity index is 1.59. The van der Waals surface area contributed by atoms with E-state index in [9.17, 15) is 18.0 Å². The molecule has 0 radical (unpaired) electrons. The highest BCUT2D eigenvalue weighted by molar-refractivity contribution is 5.76. The zero-order chi connectivity index (χ0) is 22.0. The number of ether oxygens (including phenoxy) is 2. The third kappa shape index (κ3) is 4.42. The van der Waals surface area contributed by atoms with Crippen molar-refractivity contribution in [2.24, 2.45) is 0 Å². The summed E-state index contributed by atoms with van der Waals surface area (Å²) >= 11 is 0. The number of hydrogen-bond acceptors (Lipinski definition) is 4. The van der Waals surface area contributed by atoms with Crippen LogP contribution >= 0.6 is 0 Å². The van der Waals surface area contributed by atoms with Crippen molar-refractivity contribution in [3.05, 3.63) is 76.9 Å². The molecule has 31 heavy (non-hydrogen) atoms. The van der Waals surface area contributed by atoms with E-state index in [1.807, 2.05) is 30.3 Å². The van der Waals surface area contributed by atoms with Crippen molar-refractivity contribution in [1.29, 1.82) is 5.26 Å². The molecule has 160 valence electrons. The molecule has 2 atom stereocenters. The number of carbonyl (C=O) groups is 1. The molecule has 1 fully saturated rings. The molecule has 0 spiro atoms. The van der Waals surface area contributed by atoms with E-state index in [1.54, 1.807) is 17.0 Å². The Bertz CT molecular complexity index is 1040. The van der Waals surface area contributed by atoms with Crippen LogP contribution in [-0.4, -0.2) is 36.3 Å². The van der Waals surface area contributed by atoms with Crippen LogP contribution in [0.15, 0.2) is 54.6 Å². The fourth-order valence-electron chi connectivity index (χ4n) is 4.00. The highest BCUT2D eigenvalue weighted by Crippen LogP contribution is 2.40. The lowest BCUT2D eigenvalue weighted by molar-refractivity contribution is -0.137. The summed E-state index contributed by atoms with van der Waals surface area (Å²) in [6.45, 7) is 0.505. The monoisotopic (exact) mass is 428 g/mol. The highest BCUT2D eigenvalue weighted by Gasteiger charge is 2.41. The molecule has 8 heteroatoms. The van der Waals surface area contributed by atoms with Crippen LogP contribution in [0.25, 0.3) is 5.57 Å². The second kappa shape index (κ2) is 8.44. The van der Waals surface area contributed by atoms with Gasteiger partial charge in [-0.2, -0.15) is 18.4 Å². The van der Waals surface area contributed by atoms with E-state index in [4.69, 9.17) is 14.7 Å². The Labute approximate surface area is 177 Å². The maximum absolute atomic E-state index is 13.6. The Morgan fingerprint density at radius 2 is 1.97 bits per heavy atom. The van der Waals surface area contributed by atoms with Crippen molar-refractivity contribution < 1.29 is 27.4 Å². The first-order valence-electron chi connectivity index (χ1n) is 9.76. The first kappa shape index (κ1) is 20.9. The maximum Gasteiger partial charge on any atom is 0.417 e. The average molecular weight is 428 g/mol. The number of halogens is 3. The summed E-state index contributed by atoms with van der Waals surface area (Å²) < 4.78 is 51.9. The van der Waals surface area contributed by atoms with Gasteiger partial charge in [-0.15, -0.1) is 0 Å². The van der Waals surface area contributed by atoms with E-state index >= 15 is 0 Å². The van der Waals surface area contributed by atoms with Crippen LogP contribution in [-0.2, 0) is 22.3 Å². The van der Waals surface area contributed by atoms with Gasteiger partial charge in [-0.05, 0) is 35.3 Å². The minimum atomic E-state index is -4.60. The normalized spacial score (nSPS) is 20.6. The molecule has 2 bridgehead atoms. The first-order chi connectivity index (χ1) is 14.9. The molecule has 2 aliphatic heterocycles. The number of fused-ring (bicyclic) bond motifs is 2. The van der Waals surface area contributed by atoms with Crippen molar-refractivity contribution >= 4 is 11.7 Å². The van der Waals surface area contributed by atoms with E-state index in [0.29, 0.717) is 5.57 Å². The summed E-state index contributed by atoms with van der Waals surface area (Å²) in [5, 5.41) is 8.98. The van der Waals surface area contributed by atoms with Gasteiger partial charge < -0.3 is 9.47 Å². The van der Waals surface area contributed by atoms with Gasteiger partial charge in [-0.1, -0.05) is 42.5 Å². The molecule has 1 amide bonds. The van der Waals surface area contributed by atoms with Gasteiger partial charge in [0.2, 0.25) is 0 Å². The molecule has 0 saturated carbocycles. The number of amides is 1. The van der Waals surface area contributed by atoms with Gasteiger partial charge in [0.15, 0.2) is 0 Å². The molecule has 2 heterocycles. The SMILES string of the molecule is N#Cc1ccc(C2=CC3COCC(C2)N3C(=O)OCc2ccccc2)c(C(F)(F)F)c1. The quantitative estimate of drug-likeness (QED) is 0.707. The minimum Gasteiger partial charge on any atom is -0.445 e. The summed E-state index contributed by atoms with van der Waals surface area (Å²) in [4.78, 5) is 14.3. The number of morpholine rings is 1. The van der Waals surface area contributed by atoms with Crippen LogP contribution in [0.4, 0.5) is 18.0 Å². The molecule has 0 N–H and O–H groups in total. The molecule has 2 aliphatic rings. The molecule has 2 unspecified atom stereocenters. The van der Waals surface area contributed by atoms with Crippen LogP contribution in [0.2, 0.25) is 0 Å². The fourth-order valence-corrected chi connectivity index (χ4v) is 4.00. The number of rotatable bonds is 3. The molecule has 0 aliphatic carbocycles. The molecule has 5 nitrogen and oxygen atoms in total. The number of nitriles is 1. The molecule has 2 aromatic carbocycles. The summed E-state index contributed by atoms with van der Waals surface area (Å²) in [5.41, 5.74) is 0.458. The first-order valence-corrected chi connectivity index (χ1v) is 9.76. The minimum absolute atomic E-state index is 0.0284. The van der Waals surface area contributed by atoms with Crippen LogP contribution in [0.1, 0.15) is 28.7 Å². The Morgan fingerprint density at radius 1 is 1.19 bits per heavy atom. The van der Waals surface area contributed by atoms with Crippen molar-refractivity contribution in [1.82, 2.24) is 4.90 Å². The second-order valence-corrected chi connectivity index (χ2v) is 7.47. The molecule has 2 aromatic rings. The van der Waals surface area contributed by atoms with Gasteiger partial charge >= 0.3 is 12.3 Å². The number of benzene rings is 2. The summed E-state index contributed by atoms with van der Waals surface area (Å²) in [5.74, 6) is 0. The Morgan fingerprint density at radius 3 is 2.65 bits per heavy atom. The smallest absolute Gasteiger partial charge is 0.417 e. The van der Waals surface area contributed by atoms with Crippen molar-refractivity contribution in [3.63, 3.8) is 0 Å². The van der Waals surface area contributed by atoms with Gasteiger partial charge in [0.25, 0.3) is 0 Å². The molecule has 4 rings (SSSR count). The van der Waals surface area contributed by atoms with Crippen molar-refractivity contribution in [2.45, 2.75) is 31.3 Å². The molecular weight excluding hydrogens is 409 g/mol. The van der Waals surface area contributed by atoms with E-state index in [1.165, 1.54) is 12.1 Å². The largest absolute Gasteiger partial charge is 0.445 e. The van der Waals surface area contributed by atoms with Crippen molar-refractivity contribution in [2.75, 3.05) is 13.2 Å². The lowest BCUT2D eigenvalue weighted by Crippen LogP contribution is -2.56. The van der Waals surface area contributed by atoms with E-state index in [0.717, 1.165) is 11.6 Å². The zero-order valence-electron chi connectivity index (χ0n) is 16.4. The predicted molar refractivity (Wildman–Crippen MR) is 106 cm³/mol. The van der Waals surface area contributed by atoms with Crippen LogP contribution in [0, 0.1) is 11.3 Å². The van der Waals surface area contributed by atoms with Crippen molar-refractivity contribution in [3.8, 4) is 6.07 Å². The van der Waals surface area contributed by atoms with Gasteiger partial charge in [-0.25, -0.2) is 4.79 Å². The van der Waals surface area contributed by atoms with Gasteiger partial charge in [-0.3, -0.25) is 4.90 Å². The van der Waals surface area contributed by atoms with E-state index in [2.05, 4.69) is 0 Å². The number of hydrogen-bond donors (Lipinski definition) is 0. The lowest BCUT2D eigenvalue weighted by Gasteiger charge is -2.44. The van der Waals surface area contributed by atoms with E-state index in [-0.39, 0.29) is 37.4 Å². The molecule has 1 saturated heterocycles. The Kier molecular flexibility index (Phi) is 5.70. The number of alkyl halides is 3. The topological polar surface area (TPSA) is 62.6 Å². The average Bonchev–Trinajstić information content (AvgIpc) is 2.76. The second-order valence-electron chi connectivity index (χ2n) is 7.47. The zero-order valence-corrected chi connectivity index (χ0v) is 16.4. The van der Waals surface area contributed by atoms with Crippen LogP contribution in [0.3, 0.4) is 0 Å². The fraction of sp³-hybridized carbons (Fsp3) is 0.304. The predicted octanol–water partition coefficient (Wildman–Crippen LogP) is 4.77. The third-order valence-electron chi connectivity index (χ3n) is 5.41. The van der Waals surface area contributed by atoms with Gasteiger partial charge in [0, 0.05) is 0 Å². The standard InChI is InChI=1S/C23H19F3N2O3/c24-23(25,26)21-8-16(11-27)6-7-20(21)17-9-18-13-30-14-19(10-17)28(18)22(29)31-12-15-4-2-1-3-5-15/h1-9,18-19H,10,12-14H2. The molecular formula is C23H19F3N2O3. The van der Waals surface area contributed by atoms with Crippen LogP contribution in [0.5, 0.6) is 0 Å². The Hall–Kier alpha value is -3.31. The lowest BCUT2D eigenvalue weighted by atomic mass is 9.87. The summed E-state index contributed by atoms with van der Waals surface area (Å²) in [6, 6.07) is 13.6. The van der Waals surface area contributed by atoms with Gasteiger partial charge in [0.05, 0.1) is 42.5 Å². The number of carbonyl (C=O) groups excluding carboxylic acids is 1. The van der Waals surface area contributed by atoms with Crippen LogP contribution < -0.4 is 0 Å². The maximum atomic E-state index is 13.6. The van der Waals surface area contributed by atoms with E-state index < -0.39 is 29.9 Å². The van der Waals surface area contributed by atoms with Gasteiger partial charge in [0.1, 0.15) is 6.61 Å².